The summed E-state index contributed by atoms with van der Waals surface area (Å²) in [5.41, 5.74) is 0.233. The van der Waals surface area contributed by atoms with Gasteiger partial charge in [-0.05, 0) is 89.5 Å². The van der Waals surface area contributed by atoms with Gasteiger partial charge in [0.25, 0.3) is 0 Å². The van der Waals surface area contributed by atoms with Crippen molar-refractivity contribution in [3.63, 3.8) is 0 Å². The number of thioether (sulfide) groups is 6. The van der Waals surface area contributed by atoms with Gasteiger partial charge in [0.2, 0.25) is 83.9 Å². The van der Waals surface area contributed by atoms with Gasteiger partial charge < -0.3 is 63.2 Å². The van der Waals surface area contributed by atoms with Gasteiger partial charge in [-0.3, -0.25) is 71.9 Å². The summed E-state index contributed by atoms with van der Waals surface area (Å²) in [6, 6.07) is 13.9. The maximum absolute atomic E-state index is 14.2. The molecule has 0 fully saturated rings. The summed E-state index contributed by atoms with van der Waals surface area (Å²) in [4.78, 5) is 182. The van der Waals surface area contributed by atoms with Crippen molar-refractivity contribution in [3.8, 4) is 50.6 Å². The third kappa shape index (κ3) is 30.8. The first kappa shape index (κ1) is 93.0. The maximum atomic E-state index is 14.2. The molecule has 0 spiro atoms. The lowest BCUT2D eigenvalue weighted by atomic mass is 10.0. The van der Waals surface area contributed by atoms with Crippen LogP contribution in [-0.4, -0.2) is 191 Å². The number of aromatic hydroxyl groups is 3. The van der Waals surface area contributed by atoms with Gasteiger partial charge in [0.05, 0.1) is 16.7 Å². The molecule has 0 aromatic heterocycles. The molecule has 111 heavy (non-hydrogen) atoms. The number of benzene rings is 6. The molecule has 0 bridgehead atoms. The van der Waals surface area contributed by atoms with E-state index >= 15 is 0 Å². The molecule has 39 heteroatoms. The average Bonchev–Trinajstić information content (AvgIpc) is 0.822. The Kier molecular flexibility index (Phi) is 38.3. The van der Waals surface area contributed by atoms with Crippen LogP contribution in [0, 0.1) is 34.9 Å². The maximum Gasteiger partial charge on any atom is 0.243 e. The van der Waals surface area contributed by atoms with E-state index in [0.29, 0.717) is 88.8 Å². The van der Waals surface area contributed by atoms with Crippen LogP contribution < -0.4 is 47.9 Å². The third-order valence-corrected chi connectivity index (χ3v) is 20.7. The normalized spacial score (nSPS) is 12.2. The van der Waals surface area contributed by atoms with Crippen LogP contribution in [0.3, 0.4) is 0 Å². The second-order valence-electron chi connectivity index (χ2n) is 23.1. The molecular formula is C72H75F6N9O18S6. The summed E-state index contributed by atoms with van der Waals surface area (Å²) in [5, 5.41) is 48.6. The first-order chi connectivity index (χ1) is 52.3. The molecule has 0 saturated heterocycles. The molecule has 594 valence electrons. The van der Waals surface area contributed by atoms with E-state index in [1.165, 1.54) is 135 Å². The second-order valence-corrected chi connectivity index (χ2v) is 29.2. The monoisotopic (exact) mass is 1660 g/mol. The number of rotatable bonds is 30. The number of phenols is 3. The van der Waals surface area contributed by atoms with Crippen molar-refractivity contribution in [2.45, 2.75) is 77.8 Å². The zero-order valence-electron chi connectivity index (χ0n) is 60.3. The molecule has 9 amide bonds. The molecule has 0 aliphatic rings. The van der Waals surface area contributed by atoms with Crippen molar-refractivity contribution in [1.82, 2.24) is 47.9 Å². The first-order valence-corrected chi connectivity index (χ1v) is 38.3. The number of amides is 9. The summed E-state index contributed by atoms with van der Waals surface area (Å²) >= 11 is 4.01. The molecule has 12 N–H and O–H groups in total. The molecule has 27 nitrogen and oxygen atoms in total. The van der Waals surface area contributed by atoms with Gasteiger partial charge in [-0.25, -0.2) is 26.3 Å². The highest BCUT2D eigenvalue weighted by Crippen LogP contribution is 2.35. The minimum atomic E-state index is -1.13. The fraction of sp³-hybridized carbons (Fsp3) is 0.292. The Morgan fingerprint density at radius 1 is 0.297 bits per heavy atom. The van der Waals surface area contributed by atoms with Gasteiger partial charge >= 0.3 is 0 Å². The minimum Gasteiger partial charge on any atom is -0.507 e. The highest BCUT2D eigenvalue weighted by atomic mass is 32.2. The van der Waals surface area contributed by atoms with Crippen molar-refractivity contribution < 1.29 is 114 Å². The summed E-state index contributed by atoms with van der Waals surface area (Å²) in [6.07, 6.45) is 0. The Labute approximate surface area is 656 Å². The van der Waals surface area contributed by atoms with Gasteiger partial charge in [-0.2, -0.15) is 0 Å². The fourth-order valence-corrected chi connectivity index (χ4v) is 15.0. The van der Waals surface area contributed by atoms with Gasteiger partial charge in [0.1, 0.15) is 88.4 Å². The summed E-state index contributed by atoms with van der Waals surface area (Å²) in [7, 11) is 4.13. The molecule has 0 saturated carbocycles. The quantitative estimate of drug-likeness (QED) is 0.0209. The summed E-state index contributed by atoms with van der Waals surface area (Å²) < 4.78 is 82.3. The van der Waals surface area contributed by atoms with Gasteiger partial charge in [0, 0.05) is 132 Å². The molecule has 2 unspecified atom stereocenters. The molecule has 0 heterocycles. The largest absolute Gasteiger partial charge is 0.507 e. The van der Waals surface area contributed by atoms with Gasteiger partial charge in [-0.15, -0.1) is 0 Å². The summed E-state index contributed by atoms with van der Waals surface area (Å²) in [6.45, 7) is 7.23. The number of likely N-dealkylation sites (N-methyl/N-ethyl adjacent to an activating group) is 3. The van der Waals surface area contributed by atoms with E-state index in [-0.39, 0.29) is 102 Å². The van der Waals surface area contributed by atoms with Crippen LogP contribution in [-0.2, 0) is 57.5 Å². The van der Waals surface area contributed by atoms with E-state index in [2.05, 4.69) is 47.9 Å². The number of carbonyl (C=O) groups is 15. The van der Waals surface area contributed by atoms with Crippen LogP contribution in [0.4, 0.5) is 26.3 Å². The number of phenolic OH excluding ortho intramolecular Hbond substituents is 3. The topological polar surface area (TPSA) is 425 Å². The van der Waals surface area contributed by atoms with Crippen molar-refractivity contribution >= 4 is 154 Å². The zero-order valence-corrected chi connectivity index (χ0v) is 65.2. The van der Waals surface area contributed by atoms with Crippen LogP contribution in [0.2, 0.25) is 0 Å². The molecular weight excluding hydrogens is 1590 g/mol. The van der Waals surface area contributed by atoms with Crippen molar-refractivity contribution in [2.75, 3.05) is 55.7 Å². The van der Waals surface area contributed by atoms with Crippen molar-refractivity contribution in [3.05, 3.63) is 161 Å². The lowest BCUT2D eigenvalue weighted by molar-refractivity contribution is -0.127. The van der Waals surface area contributed by atoms with E-state index in [4.69, 9.17) is 0 Å². The number of halogens is 6. The predicted molar refractivity (Wildman–Crippen MR) is 411 cm³/mol. The standard InChI is InChI=1S/3C24H25F2N3O6S2/c3*1-12(30)28-19(22(33)27-3)10-37-24(35)20(29-13(2)31)11-36-23(34)17-8-14(4-7-21(17)32)16-6-5-15(25)9-18(16)26/h3*4-9,19-20,32H,10-11H2,1-3H3,(H,27,33)(H,28,30)(H,29,31)/t2*19-,20-;/m10./s1. The van der Waals surface area contributed by atoms with E-state index in [1.807, 2.05) is 0 Å². The van der Waals surface area contributed by atoms with Crippen LogP contribution in [0.25, 0.3) is 33.4 Å². The van der Waals surface area contributed by atoms with E-state index < -0.39 is 155 Å². The predicted octanol–water partition coefficient (Wildman–Crippen LogP) is 6.68. The van der Waals surface area contributed by atoms with Crippen LogP contribution >= 0.6 is 70.6 Å². The highest BCUT2D eigenvalue weighted by molar-refractivity contribution is 8.16. The number of nitrogens with one attached hydrogen (secondary N) is 9. The minimum absolute atomic E-state index is 0.0213. The molecule has 0 aliphatic carbocycles. The van der Waals surface area contributed by atoms with E-state index in [0.717, 1.165) is 18.2 Å². The SMILES string of the molecule is CNC(=O)C(CSC(=O)C(CSC(=O)c1cc(-c2ccc(F)cc2F)ccc1O)NC(C)=O)NC(C)=O.CNC(=O)[C@@H](CSC(=O)[C@@H](CSC(=O)c1cc(-c2ccc(F)cc2F)ccc1O)NC(C)=O)NC(C)=O.CNC(=O)[C@H](CSC(=O)[C@H](CSC(=O)c1cc(-c2ccc(F)cc2F)ccc1O)NC(C)=O)NC(C)=O. The van der Waals surface area contributed by atoms with Crippen molar-refractivity contribution in [2.24, 2.45) is 0 Å². The molecule has 6 rings (SSSR count). The van der Waals surface area contributed by atoms with E-state index in [9.17, 15) is 114 Å². The Morgan fingerprint density at radius 3 is 0.703 bits per heavy atom. The number of hydrogen-bond acceptors (Lipinski definition) is 24. The smallest absolute Gasteiger partial charge is 0.243 e. The molecule has 6 atom stereocenters. The van der Waals surface area contributed by atoms with Crippen LogP contribution in [0.15, 0.2) is 109 Å². The van der Waals surface area contributed by atoms with E-state index in [1.54, 1.807) is 0 Å². The Bertz CT molecular complexity index is 4070. The first-order valence-electron chi connectivity index (χ1n) is 32.4. The molecule has 6 aromatic rings. The van der Waals surface area contributed by atoms with Crippen LogP contribution in [0.1, 0.15) is 72.6 Å². The second kappa shape index (κ2) is 45.7. The highest BCUT2D eigenvalue weighted by Gasteiger charge is 2.31. The van der Waals surface area contributed by atoms with Crippen molar-refractivity contribution in [1.29, 1.82) is 0 Å². The number of carbonyl (C=O) groups excluding carboxylic acids is 15. The number of hydrogen-bond donors (Lipinski definition) is 12. The lowest BCUT2D eigenvalue weighted by Crippen LogP contribution is -2.47. The van der Waals surface area contributed by atoms with Gasteiger partial charge in [0.15, 0.2) is 0 Å². The zero-order chi connectivity index (χ0) is 83.1. The fourth-order valence-electron chi connectivity index (χ4n) is 9.33. The Morgan fingerprint density at radius 2 is 0.505 bits per heavy atom. The molecule has 0 aliphatic heterocycles. The van der Waals surface area contributed by atoms with Crippen LogP contribution in [0.5, 0.6) is 17.2 Å². The molecule has 6 aromatic carbocycles. The molecule has 0 radical (unpaired) electrons. The Balaban J connectivity index is 0.000000351. The Hall–Kier alpha value is -10.4. The lowest BCUT2D eigenvalue weighted by Gasteiger charge is -2.19. The summed E-state index contributed by atoms with van der Waals surface area (Å²) in [5.74, 6) is -11.5. The average molecular weight is 1660 g/mol. The third-order valence-electron chi connectivity index (χ3n) is 14.5. The van der Waals surface area contributed by atoms with Gasteiger partial charge in [-0.1, -0.05) is 88.8 Å².